The number of anilines is 1. The second-order valence-electron chi connectivity index (χ2n) is 9.81. The van der Waals surface area contributed by atoms with Crippen LogP contribution in [0.5, 0.6) is 0 Å². The first-order valence-electron chi connectivity index (χ1n) is 12.8. The SMILES string of the molecule is C[C@@H](NC(=O)c1cc(N2CCN(C(=O)C3CC3)CC2)ccn1)c1ccc(-c2cc(F)ccc2CN)cc1. The third-order valence-corrected chi connectivity index (χ3v) is 7.22. The predicted octanol–water partition coefficient (Wildman–Crippen LogP) is 3.90. The Hall–Kier alpha value is -3.78. The van der Waals surface area contributed by atoms with Gasteiger partial charge in [0.25, 0.3) is 5.91 Å². The summed E-state index contributed by atoms with van der Waals surface area (Å²) in [6.07, 6.45) is 3.69. The van der Waals surface area contributed by atoms with Gasteiger partial charge in [-0.2, -0.15) is 0 Å². The maximum atomic E-state index is 13.8. The first-order chi connectivity index (χ1) is 17.9. The molecule has 1 aromatic heterocycles. The lowest BCUT2D eigenvalue weighted by atomic mass is 9.97. The van der Waals surface area contributed by atoms with Crippen LogP contribution in [-0.4, -0.2) is 47.9 Å². The monoisotopic (exact) mass is 501 g/mol. The Morgan fingerprint density at radius 2 is 1.78 bits per heavy atom. The number of nitrogens with zero attached hydrogens (tertiary/aromatic N) is 3. The standard InChI is InChI=1S/C29H32FN5O2/c1-19(20-2-4-21(5-3-20)26-16-24(30)9-8-23(26)18-31)33-28(36)27-17-25(10-11-32-27)34-12-14-35(15-13-34)29(37)22-6-7-22/h2-5,8-11,16-17,19,22H,6-7,12-15,18,31H2,1H3,(H,33,36)/t19-/m1/s1. The maximum Gasteiger partial charge on any atom is 0.270 e. The fourth-order valence-electron chi connectivity index (χ4n) is 4.81. The number of nitrogens with two attached hydrogens (primary N) is 1. The predicted molar refractivity (Wildman–Crippen MR) is 141 cm³/mol. The molecule has 1 saturated carbocycles. The normalized spacial score (nSPS) is 16.4. The molecule has 5 rings (SSSR count). The van der Waals surface area contributed by atoms with Crippen molar-refractivity contribution in [2.75, 3.05) is 31.1 Å². The molecule has 3 N–H and O–H groups in total. The summed E-state index contributed by atoms with van der Waals surface area (Å²) in [7, 11) is 0. The van der Waals surface area contributed by atoms with Gasteiger partial charge < -0.3 is 20.9 Å². The van der Waals surface area contributed by atoms with Gasteiger partial charge in [-0.25, -0.2) is 4.39 Å². The van der Waals surface area contributed by atoms with E-state index in [1.54, 1.807) is 12.3 Å². The number of piperazine rings is 1. The molecule has 8 heteroatoms. The third kappa shape index (κ3) is 5.64. The highest BCUT2D eigenvalue weighted by Crippen LogP contribution is 2.31. The number of amides is 2. The van der Waals surface area contributed by atoms with Crippen LogP contribution in [0.1, 0.15) is 47.4 Å². The van der Waals surface area contributed by atoms with Crippen LogP contribution in [0.15, 0.2) is 60.8 Å². The third-order valence-electron chi connectivity index (χ3n) is 7.22. The lowest BCUT2D eigenvalue weighted by Crippen LogP contribution is -2.49. The molecule has 1 aliphatic heterocycles. The zero-order chi connectivity index (χ0) is 25.9. The fourth-order valence-corrected chi connectivity index (χ4v) is 4.81. The van der Waals surface area contributed by atoms with E-state index in [9.17, 15) is 14.0 Å². The molecule has 192 valence electrons. The van der Waals surface area contributed by atoms with E-state index in [1.165, 1.54) is 12.1 Å². The number of hydrogen-bond donors (Lipinski definition) is 2. The molecule has 7 nitrogen and oxygen atoms in total. The highest BCUT2D eigenvalue weighted by Gasteiger charge is 2.34. The van der Waals surface area contributed by atoms with Crippen molar-refractivity contribution in [1.82, 2.24) is 15.2 Å². The molecule has 1 saturated heterocycles. The van der Waals surface area contributed by atoms with Crippen molar-refractivity contribution in [3.05, 3.63) is 83.4 Å². The van der Waals surface area contributed by atoms with Gasteiger partial charge in [0.2, 0.25) is 5.91 Å². The number of carbonyl (C=O) groups excluding carboxylic acids is 2. The Labute approximate surface area is 216 Å². The summed E-state index contributed by atoms with van der Waals surface area (Å²) < 4.78 is 13.8. The van der Waals surface area contributed by atoms with Gasteiger partial charge in [0.05, 0.1) is 6.04 Å². The van der Waals surface area contributed by atoms with E-state index in [0.29, 0.717) is 25.3 Å². The van der Waals surface area contributed by atoms with E-state index in [1.807, 2.05) is 48.2 Å². The van der Waals surface area contributed by atoms with E-state index in [0.717, 1.165) is 53.9 Å². The summed E-state index contributed by atoms with van der Waals surface area (Å²) in [6.45, 7) is 5.13. The molecule has 0 spiro atoms. The van der Waals surface area contributed by atoms with E-state index in [-0.39, 0.29) is 29.6 Å². The Kier molecular flexibility index (Phi) is 7.19. The highest BCUT2D eigenvalue weighted by atomic mass is 19.1. The van der Waals surface area contributed by atoms with Crippen LogP contribution in [0.2, 0.25) is 0 Å². The summed E-state index contributed by atoms with van der Waals surface area (Å²) in [5.41, 5.74) is 10.5. The minimum atomic E-state index is -0.305. The van der Waals surface area contributed by atoms with E-state index in [2.05, 4.69) is 15.2 Å². The van der Waals surface area contributed by atoms with Crippen molar-refractivity contribution in [1.29, 1.82) is 0 Å². The van der Waals surface area contributed by atoms with Gasteiger partial charge >= 0.3 is 0 Å². The molecule has 2 aliphatic rings. The number of carbonyl (C=O) groups is 2. The van der Waals surface area contributed by atoms with Gasteiger partial charge in [0.1, 0.15) is 11.5 Å². The van der Waals surface area contributed by atoms with Crippen molar-refractivity contribution in [2.24, 2.45) is 11.7 Å². The second-order valence-corrected chi connectivity index (χ2v) is 9.81. The average molecular weight is 502 g/mol. The molecule has 2 fully saturated rings. The van der Waals surface area contributed by atoms with Crippen LogP contribution in [0.25, 0.3) is 11.1 Å². The Morgan fingerprint density at radius 1 is 1.05 bits per heavy atom. The Bertz CT molecular complexity index is 1280. The van der Waals surface area contributed by atoms with Crippen LogP contribution < -0.4 is 16.0 Å². The van der Waals surface area contributed by atoms with Gasteiger partial charge in [-0.1, -0.05) is 30.3 Å². The number of aromatic nitrogens is 1. The van der Waals surface area contributed by atoms with Crippen molar-refractivity contribution >= 4 is 17.5 Å². The van der Waals surface area contributed by atoms with Crippen molar-refractivity contribution in [3.63, 3.8) is 0 Å². The average Bonchev–Trinajstić information content (AvgIpc) is 3.78. The van der Waals surface area contributed by atoms with E-state index in [4.69, 9.17) is 5.73 Å². The van der Waals surface area contributed by atoms with Gasteiger partial charge in [-0.05, 0) is 66.3 Å². The Morgan fingerprint density at radius 3 is 2.46 bits per heavy atom. The Balaban J connectivity index is 1.21. The van der Waals surface area contributed by atoms with Crippen LogP contribution >= 0.6 is 0 Å². The topological polar surface area (TPSA) is 91.6 Å². The number of hydrogen-bond acceptors (Lipinski definition) is 5. The highest BCUT2D eigenvalue weighted by molar-refractivity contribution is 5.93. The molecular weight excluding hydrogens is 469 g/mol. The van der Waals surface area contributed by atoms with Gasteiger partial charge in [-0.15, -0.1) is 0 Å². The number of rotatable bonds is 7. The number of pyridine rings is 1. The lowest BCUT2D eigenvalue weighted by Gasteiger charge is -2.36. The smallest absolute Gasteiger partial charge is 0.270 e. The van der Waals surface area contributed by atoms with Crippen molar-refractivity contribution < 1.29 is 14.0 Å². The van der Waals surface area contributed by atoms with Crippen LogP contribution in [-0.2, 0) is 11.3 Å². The lowest BCUT2D eigenvalue weighted by molar-refractivity contribution is -0.132. The van der Waals surface area contributed by atoms with Crippen LogP contribution in [0.3, 0.4) is 0 Å². The molecule has 2 heterocycles. The zero-order valence-corrected chi connectivity index (χ0v) is 21.0. The quantitative estimate of drug-likeness (QED) is 0.513. The second kappa shape index (κ2) is 10.7. The minimum absolute atomic E-state index is 0.241. The summed E-state index contributed by atoms with van der Waals surface area (Å²) in [6, 6.07) is 15.8. The van der Waals surface area contributed by atoms with Gasteiger partial charge in [-0.3, -0.25) is 14.6 Å². The maximum absolute atomic E-state index is 13.8. The summed E-state index contributed by atoms with van der Waals surface area (Å²) in [5, 5.41) is 3.02. The first kappa shape index (κ1) is 24.9. The molecule has 1 aliphatic carbocycles. The summed E-state index contributed by atoms with van der Waals surface area (Å²) >= 11 is 0. The van der Waals surface area contributed by atoms with E-state index < -0.39 is 0 Å². The molecular formula is C29H32FN5O2. The molecule has 0 radical (unpaired) electrons. The van der Waals surface area contributed by atoms with Gasteiger partial charge in [0.15, 0.2) is 0 Å². The molecule has 1 atom stereocenters. The molecule has 0 bridgehead atoms. The number of halogens is 1. The number of nitrogens with one attached hydrogen (secondary N) is 1. The first-order valence-corrected chi connectivity index (χ1v) is 12.8. The van der Waals surface area contributed by atoms with E-state index >= 15 is 0 Å². The largest absolute Gasteiger partial charge is 0.368 e. The summed E-state index contributed by atoms with van der Waals surface area (Å²) in [4.78, 5) is 33.8. The molecule has 0 unspecified atom stereocenters. The zero-order valence-electron chi connectivity index (χ0n) is 21.0. The van der Waals surface area contributed by atoms with Crippen LogP contribution in [0.4, 0.5) is 10.1 Å². The molecule has 37 heavy (non-hydrogen) atoms. The van der Waals surface area contributed by atoms with Crippen molar-refractivity contribution in [3.8, 4) is 11.1 Å². The van der Waals surface area contributed by atoms with Gasteiger partial charge in [0, 0.05) is 50.5 Å². The molecule has 3 aromatic rings. The minimum Gasteiger partial charge on any atom is -0.368 e. The fraction of sp³-hybridized carbons (Fsp3) is 0.345. The van der Waals surface area contributed by atoms with Crippen molar-refractivity contribution in [2.45, 2.75) is 32.4 Å². The molecule has 2 amide bonds. The summed E-state index contributed by atoms with van der Waals surface area (Å²) in [5.74, 6) is -0.0327. The number of benzene rings is 2. The van der Waals surface area contributed by atoms with Crippen LogP contribution in [0, 0.1) is 11.7 Å². The molecule has 2 aromatic carbocycles.